The van der Waals surface area contributed by atoms with E-state index in [1.54, 1.807) is 28.6 Å². The second-order valence-corrected chi connectivity index (χ2v) is 13.9. The maximum absolute atomic E-state index is 14.1. The predicted molar refractivity (Wildman–Crippen MR) is 140 cm³/mol. The van der Waals surface area contributed by atoms with Crippen molar-refractivity contribution in [2.24, 2.45) is 5.92 Å². The number of nitrogens with zero attached hydrogens (tertiary/aromatic N) is 3. The Hall–Kier alpha value is -1.39. The zero-order chi connectivity index (χ0) is 25.9. The Morgan fingerprint density at radius 2 is 1.76 bits per heavy atom. The number of fused-ring (bicyclic) bond motifs is 2. The average Bonchev–Trinajstić information content (AvgIpc) is 3.79. The summed E-state index contributed by atoms with van der Waals surface area (Å²) in [5.41, 5.74) is -0.844. The highest BCUT2D eigenvalue weighted by atomic mass is 35.5. The summed E-state index contributed by atoms with van der Waals surface area (Å²) in [6.45, 7) is 6.81. The van der Waals surface area contributed by atoms with Crippen LogP contribution in [0, 0.1) is 5.92 Å². The van der Waals surface area contributed by atoms with Crippen molar-refractivity contribution in [3.05, 3.63) is 29.3 Å². The first-order chi connectivity index (χ1) is 17.7. The number of sulfonamides is 1. The molecule has 37 heavy (non-hydrogen) atoms. The van der Waals surface area contributed by atoms with Crippen LogP contribution < -0.4 is 0 Å². The van der Waals surface area contributed by atoms with Crippen LogP contribution in [-0.2, 0) is 19.5 Å². The number of rotatable bonds is 7. The van der Waals surface area contributed by atoms with E-state index in [9.17, 15) is 13.2 Å². The van der Waals surface area contributed by atoms with Gasteiger partial charge in [0, 0.05) is 30.2 Å². The van der Waals surface area contributed by atoms with Crippen molar-refractivity contribution in [1.29, 1.82) is 0 Å². The molecule has 1 amide bonds. The molecule has 0 spiro atoms. The van der Waals surface area contributed by atoms with Gasteiger partial charge in [-0.15, -0.1) is 0 Å². The van der Waals surface area contributed by atoms with E-state index in [1.165, 1.54) is 0 Å². The van der Waals surface area contributed by atoms with E-state index in [1.807, 2.05) is 11.8 Å². The molecule has 8 nitrogen and oxygen atoms in total. The third-order valence-corrected chi connectivity index (χ3v) is 11.3. The molecule has 5 fully saturated rings. The lowest BCUT2D eigenvalue weighted by atomic mass is 9.99. The van der Waals surface area contributed by atoms with Crippen molar-refractivity contribution in [1.82, 2.24) is 14.1 Å². The van der Waals surface area contributed by atoms with Crippen LogP contribution >= 0.6 is 11.6 Å². The number of carbonyl (C=O) groups excluding carboxylic acids is 1. The first-order valence-corrected chi connectivity index (χ1v) is 15.7. The highest BCUT2D eigenvalue weighted by molar-refractivity contribution is 7.89. The quantitative estimate of drug-likeness (QED) is 0.507. The van der Waals surface area contributed by atoms with Gasteiger partial charge >= 0.3 is 6.09 Å². The lowest BCUT2D eigenvalue weighted by molar-refractivity contribution is -0.110. The van der Waals surface area contributed by atoms with Crippen molar-refractivity contribution in [3.63, 3.8) is 0 Å². The molecule has 3 heterocycles. The zero-order valence-electron chi connectivity index (χ0n) is 21.7. The van der Waals surface area contributed by atoms with Gasteiger partial charge in [0.25, 0.3) is 0 Å². The summed E-state index contributed by atoms with van der Waals surface area (Å²) in [6, 6.07) is 6.31. The molecule has 2 aliphatic carbocycles. The van der Waals surface area contributed by atoms with E-state index in [2.05, 4.69) is 11.8 Å². The maximum atomic E-state index is 14.1. The number of piperazine rings is 1. The van der Waals surface area contributed by atoms with E-state index >= 15 is 0 Å². The number of carbonyl (C=O) groups is 1. The van der Waals surface area contributed by atoms with E-state index < -0.39 is 21.7 Å². The third-order valence-electron chi connectivity index (χ3n) is 9.11. The molecule has 5 aliphatic rings. The Labute approximate surface area is 225 Å². The number of hydrogen-bond donors (Lipinski definition) is 0. The highest BCUT2D eigenvalue weighted by Gasteiger charge is 2.63. The molecule has 0 radical (unpaired) electrons. The summed E-state index contributed by atoms with van der Waals surface area (Å²) < 4.78 is 42.4. The largest absolute Gasteiger partial charge is 0.441 e. The predicted octanol–water partition coefficient (Wildman–Crippen LogP) is 4.12. The van der Waals surface area contributed by atoms with Crippen LogP contribution in [0.25, 0.3) is 0 Å². The summed E-state index contributed by atoms with van der Waals surface area (Å²) in [4.78, 5) is 18.1. The van der Waals surface area contributed by atoms with Gasteiger partial charge in [0.1, 0.15) is 5.60 Å². The van der Waals surface area contributed by atoms with E-state index in [0.717, 1.165) is 38.6 Å². The minimum absolute atomic E-state index is 0.215. The summed E-state index contributed by atoms with van der Waals surface area (Å²) in [6.07, 6.45) is 6.07. The molecule has 1 aromatic carbocycles. The molecule has 2 bridgehead atoms. The molecule has 6 rings (SSSR count). The average molecular weight is 552 g/mol. The minimum atomic E-state index is -3.86. The normalized spacial score (nSPS) is 33.9. The number of likely N-dealkylation sites (tertiary alicyclic amines) is 1. The fourth-order valence-electron chi connectivity index (χ4n) is 6.93. The van der Waals surface area contributed by atoms with Gasteiger partial charge in [-0.3, -0.25) is 4.90 Å². The summed E-state index contributed by atoms with van der Waals surface area (Å²) in [7, 11) is -3.86. The van der Waals surface area contributed by atoms with Gasteiger partial charge in [-0.1, -0.05) is 18.5 Å². The van der Waals surface area contributed by atoms with Crippen LogP contribution in [0.4, 0.5) is 4.79 Å². The lowest BCUT2D eigenvalue weighted by Crippen LogP contribution is -2.64. The second-order valence-electron chi connectivity index (χ2n) is 11.6. The van der Waals surface area contributed by atoms with Crippen LogP contribution in [0.5, 0.6) is 0 Å². The van der Waals surface area contributed by atoms with Crippen molar-refractivity contribution < 1.29 is 22.7 Å². The number of amides is 1. The molecule has 0 aromatic heterocycles. The van der Waals surface area contributed by atoms with Crippen LogP contribution in [0.1, 0.15) is 58.8 Å². The Morgan fingerprint density at radius 3 is 2.32 bits per heavy atom. The van der Waals surface area contributed by atoms with Crippen LogP contribution in [0.2, 0.25) is 5.02 Å². The lowest BCUT2D eigenvalue weighted by Gasteiger charge is -2.47. The number of hydrogen-bond acceptors (Lipinski definition) is 6. The zero-order valence-corrected chi connectivity index (χ0v) is 23.3. The van der Waals surface area contributed by atoms with Gasteiger partial charge in [0.15, 0.2) is 0 Å². The number of halogens is 1. The van der Waals surface area contributed by atoms with Crippen LogP contribution in [0.3, 0.4) is 0 Å². The minimum Gasteiger partial charge on any atom is -0.441 e. The first-order valence-electron chi connectivity index (χ1n) is 13.9. The Bertz CT molecular complexity index is 1110. The standard InChI is InChI=1S/C27H38ClN3O5S/c1-3-14-30-21-8-9-22(30)16-29(15-21)26(32)36-27(12-13-27)24-17-35-18(2)25(19-4-5-19)31(24)37(33,34)23-10-6-20(28)7-11-23/h6-7,10-11,18-19,21-22,24-25H,3-5,8-9,12-17H2,1-2H3/t18-,21?,22?,24-,25+/m1/s1. The molecule has 2 saturated carbocycles. The van der Waals surface area contributed by atoms with Crippen molar-refractivity contribution in [2.75, 3.05) is 26.2 Å². The smallest absolute Gasteiger partial charge is 0.410 e. The topological polar surface area (TPSA) is 79.4 Å². The van der Waals surface area contributed by atoms with Gasteiger partial charge in [0.2, 0.25) is 10.0 Å². The van der Waals surface area contributed by atoms with Crippen molar-refractivity contribution >= 4 is 27.7 Å². The van der Waals surface area contributed by atoms with Crippen molar-refractivity contribution in [3.8, 4) is 0 Å². The molecule has 1 aromatic rings. The second kappa shape index (κ2) is 9.66. The van der Waals surface area contributed by atoms with E-state index in [0.29, 0.717) is 43.0 Å². The number of morpholine rings is 1. The molecule has 3 saturated heterocycles. The molecule has 2 unspecified atom stereocenters. The first kappa shape index (κ1) is 25.9. The van der Waals surface area contributed by atoms with Gasteiger partial charge in [0.05, 0.1) is 29.7 Å². The fraction of sp³-hybridized carbons (Fsp3) is 0.741. The van der Waals surface area contributed by atoms with Crippen LogP contribution in [0.15, 0.2) is 29.2 Å². The Kier molecular flexibility index (Phi) is 6.75. The van der Waals surface area contributed by atoms with Crippen molar-refractivity contribution in [2.45, 2.75) is 99.6 Å². The van der Waals surface area contributed by atoms with Crippen LogP contribution in [-0.4, -0.2) is 90.7 Å². The molecule has 10 heteroatoms. The fourth-order valence-corrected chi connectivity index (χ4v) is 9.03. The maximum Gasteiger partial charge on any atom is 0.410 e. The number of ether oxygens (including phenoxy) is 2. The van der Waals surface area contributed by atoms with E-state index in [-0.39, 0.29) is 35.7 Å². The molecular weight excluding hydrogens is 514 g/mol. The monoisotopic (exact) mass is 551 g/mol. The molecule has 0 N–H and O–H groups in total. The molecular formula is C27H38ClN3O5S. The number of benzene rings is 1. The summed E-state index contributed by atoms with van der Waals surface area (Å²) >= 11 is 6.06. The summed E-state index contributed by atoms with van der Waals surface area (Å²) in [5, 5.41) is 0.491. The highest BCUT2D eigenvalue weighted by Crippen LogP contribution is 2.51. The van der Waals surface area contributed by atoms with Gasteiger partial charge in [-0.05, 0) is 88.6 Å². The Morgan fingerprint density at radius 1 is 1.11 bits per heavy atom. The molecule has 3 aliphatic heterocycles. The van der Waals surface area contributed by atoms with E-state index in [4.69, 9.17) is 21.1 Å². The molecule has 5 atom stereocenters. The summed E-state index contributed by atoms with van der Waals surface area (Å²) in [5.74, 6) is 0.258. The Balaban J connectivity index is 1.25. The van der Waals surface area contributed by atoms with Gasteiger partial charge in [-0.2, -0.15) is 4.31 Å². The molecule has 204 valence electrons. The third kappa shape index (κ3) is 4.69. The van der Waals surface area contributed by atoms with Gasteiger partial charge < -0.3 is 14.4 Å². The SMILES string of the molecule is CCCN1C2CCC1CN(C(=O)OC1([C@H]3CO[C@H](C)[C@@H](C4CC4)N3S(=O)(=O)c3ccc(Cl)cc3)CC1)C2. The van der Waals surface area contributed by atoms with Gasteiger partial charge in [-0.25, -0.2) is 13.2 Å².